The van der Waals surface area contributed by atoms with Gasteiger partial charge in [-0.05, 0) is 127 Å². The predicted octanol–water partition coefficient (Wildman–Crippen LogP) is 7.53. The van der Waals surface area contributed by atoms with Gasteiger partial charge in [0.2, 0.25) is 11.8 Å². The first-order valence-corrected chi connectivity index (χ1v) is 21.7. The van der Waals surface area contributed by atoms with Crippen molar-refractivity contribution in [3.63, 3.8) is 0 Å². The summed E-state index contributed by atoms with van der Waals surface area (Å²) in [7, 11) is 1.92. The van der Waals surface area contributed by atoms with Gasteiger partial charge in [0.15, 0.2) is 0 Å². The van der Waals surface area contributed by atoms with Gasteiger partial charge >= 0.3 is 5.97 Å². The molecule has 2 aliphatic heterocycles. The molecule has 1 atom stereocenters. The molecule has 63 heavy (non-hydrogen) atoms. The van der Waals surface area contributed by atoms with E-state index in [4.69, 9.17) is 36.6 Å². The lowest BCUT2D eigenvalue weighted by atomic mass is 9.98. The lowest BCUT2D eigenvalue weighted by Crippen LogP contribution is -2.54. The molecule has 4 amide bonds. The summed E-state index contributed by atoms with van der Waals surface area (Å²) in [6.07, 6.45) is 2.22. The summed E-state index contributed by atoms with van der Waals surface area (Å²) >= 11 is 6.41. The maximum absolute atomic E-state index is 14.4. The summed E-state index contributed by atoms with van der Waals surface area (Å²) in [5, 5.41) is 8.61. The molecule has 0 saturated carbocycles. The zero-order valence-corrected chi connectivity index (χ0v) is 38.0. The molecule has 0 bridgehead atoms. The third-order valence-corrected chi connectivity index (χ3v) is 12.2. The molecule has 14 nitrogen and oxygen atoms in total. The van der Waals surface area contributed by atoms with Gasteiger partial charge in [-0.25, -0.2) is 4.79 Å². The molecule has 0 aliphatic carbocycles. The van der Waals surface area contributed by atoms with Crippen LogP contribution in [-0.2, 0) is 45.5 Å². The van der Waals surface area contributed by atoms with Crippen LogP contribution in [0, 0.1) is 27.7 Å². The van der Waals surface area contributed by atoms with Gasteiger partial charge in [-0.1, -0.05) is 29.8 Å². The normalized spacial score (nSPS) is 15.4. The fourth-order valence-electron chi connectivity index (χ4n) is 8.76. The van der Waals surface area contributed by atoms with Crippen LogP contribution in [0.5, 0.6) is 5.75 Å². The number of aromatic nitrogens is 3. The first-order chi connectivity index (χ1) is 29.9. The number of carbonyl (C=O) groups excluding carboxylic acids is 5. The first kappa shape index (κ1) is 45.0. The number of nitrogens with one attached hydrogen (secondary N) is 1. The Balaban J connectivity index is 1.12. The monoisotopic (exact) mass is 878 g/mol. The highest BCUT2D eigenvalue weighted by atomic mass is 35.5. The number of aryl methyl sites for hydroxylation is 6. The molecule has 1 fully saturated rings. The number of fused-ring (bicyclic) bond motifs is 2. The Morgan fingerprint density at radius 1 is 0.921 bits per heavy atom. The number of ether oxygens (including phenoxy) is 3. The number of hydrogen-bond acceptors (Lipinski definition) is 10. The number of halogens is 1. The highest BCUT2D eigenvalue weighted by molar-refractivity contribution is 6.32. The molecule has 1 saturated heterocycles. The smallest absolute Gasteiger partial charge is 0.355 e. The lowest BCUT2D eigenvalue weighted by molar-refractivity contribution is -0.136. The Morgan fingerprint density at radius 3 is 2.32 bits per heavy atom. The van der Waals surface area contributed by atoms with Gasteiger partial charge in [0.25, 0.3) is 11.8 Å². The minimum absolute atomic E-state index is 0.0255. The summed E-state index contributed by atoms with van der Waals surface area (Å²) in [6.45, 7) is 15.0. The van der Waals surface area contributed by atoms with E-state index < -0.39 is 41.2 Å². The highest BCUT2D eigenvalue weighted by Gasteiger charge is 2.45. The van der Waals surface area contributed by atoms with Crippen molar-refractivity contribution in [1.82, 2.24) is 24.6 Å². The number of para-hydroxylation sites is 1. The first-order valence-electron chi connectivity index (χ1n) is 21.4. The molecule has 2 aliphatic rings. The Hall–Kier alpha value is -5.99. The highest BCUT2D eigenvalue weighted by Crippen LogP contribution is 2.39. The molecule has 5 aromatic rings. The molecule has 4 heterocycles. The van der Waals surface area contributed by atoms with Crippen molar-refractivity contribution in [1.29, 1.82) is 0 Å². The number of rotatable bonds is 15. The van der Waals surface area contributed by atoms with Gasteiger partial charge in [0.1, 0.15) is 23.1 Å². The van der Waals surface area contributed by atoms with E-state index in [2.05, 4.69) is 22.0 Å². The zero-order chi connectivity index (χ0) is 45.5. The van der Waals surface area contributed by atoms with Crippen molar-refractivity contribution in [2.45, 2.75) is 105 Å². The Kier molecular flexibility index (Phi) is 12.9. The molecule has 332 valence electrons. The van der Waals surface area contributed by atoms with Crippen LogP contribution in [0.2, 0.25) is 5.02 Å². The van der Waals surface area contributed by atoms with Gasteiger partial charge in [-0.15, -0.1) is 0 Å². The van der Waals surface area contributed by atoms with E-state index in [1.807, 2.05) is 78.4 Å². The van der Waals surface area contributed by atoms with Crippen molar-refractivity contribution in [3.05, 3.63) is 97.9 Å². The summed E-state index contributed by atoms with van der Waals surface area (Å²) in [5.74, 6) is -2.06. The van der Waals surface area contributed by atoms with Crippen LogP contribution in [0.25, 0.3) is 22.0 Å². The van der Waals surface area contributed by atoms with Crippen LogP contribution in [0.15, 0.2) is 42.5 Å². The Morgan fingerprint density at radius 2 is 1.65 bits per heavy atom. The van der Waals surface area contributed by atoms with E-state index in [1.165, 1.54) is 0 Å². The molecule has 7 rings (SSSR count). The van der Waals surface area contributed by atoms with Crippen molar-refractivity contribution in [2.24, 2.45) is 7.05 Å². The molecule has 0 radical (unpaired) electrons. The average molecular weight is 879 g/mol. The number of carbonyl (C=O) groups is 5. The number of nitrogens with two attached hydrogens (primary N) is 1. The second-order valence-electron chi connectivity index (χ2n) is 17.4. The lowest BCUT2D eigenvalue weighted by Gasteiger charge is -2.27. The van der Waals surface area contributed by atoms with Crippen LogP contribution in [0.1, 0.15) is 111 Å². The maximum Gasteiger partial charge on any atom is 0.355 e. The van der Waals surface area contributed by atoms with Crippen LogP contribution >= 0.6 is 11.6 Å². The van der Waals surface area contributed by atoms with Gasteiger partial charge < -0.3 is 24.5 Å². The molecular formula is C48H55ClN6O8. The van der Waals surface area contributed by atoms with Crippen molar-refractivity contribution >= 4 is 57.8 Å². The Labute approximate surface area is 372 Å². The Bertz CT molecular complexity index is 2650. The fraction of sp³-hybridized carbons (Fsp3) is 0.417. The number of benzene rings is 3. The second-order valence-corrected chi connectivity index (χ2v) is 17.8. The predicted molar refractivity (Wildman–Crippen MR) is 240 cm³/mol. The average Bonchev–Trinajstić information content (AvgIpc) is 3.76. The van der Waals surface area contributed by atoms with Gasteiger partial charge in [-0.3, -0.25) is 34.1 Å². The van der Waals surface area contributed by atoms with Crippen LogP contribution in [0.4, 0.5) is 5.69 Å². The van der Waals surface area contributed by atoms with E-state index in [0.29, 0.717) is 63.3 Å². The van der Waals surface area contributed by atoms with Crippen LogP contribution < -0.4 is 15.8 Å². The summed E-state index contributed by atoms with van der Waals surface area (Å²) < 4.78 is 22.4. The number of nitrogens with zero attached hydrogens (tertiary/aromatic N) is 4. The quantitative estimate of drug-likeness (QED) is 0.0463. The van der Waals surface area contributed by atoms with E-state index in [0.717, 1.165) is 65.8 Å². The largest absolute Gasteiger partial charge is 0.494 e. The molecule has 3 aromatic carbocycles. The minimum Gasteiger partial charge on any atom is -0.494 e. The number of imide groups is 2. The van der Waals surface area contributed by atoms with Crippen molar-refractivity contribution < 1.29 is 38.2 Å². The van der Waals surface area contributed by atoms with Crippen molar-refractivity contribution in [2.75, 3.05) is 25.6 Å². The number of amides is 4. The summed E-state index contributed by atoms with van der Waals surface area (Å²) in [5.41, 5.74) is 14.6. The number of anilines is 1. The molecule has 2 aromatic heterocycles. The molecule has 1 unspecified atom stereocenters. The van der Waals surface area contributed by atoms with Crippen LogP contribution in [0.3, 0.4) is 0 Å². The number of hydrogen-bond donors (Lipinski definition) is 2. The van der Waals surface area contributed by atoms with E-state index in [1.54, 1.807) is 12.1 Å². The number of esters is 1. The van der Waals surface area contributed by atoms with Crippen LogP contribution in [-0.4, -0.2) is 80.3 Å². The topological polar surface area (TPSA) is 177 Å². The van der Waals surface area contributed by atoms with E-state index in [9.17, 15) is 24.0 Å². The summed E-state index contributed by atoms with van der Waals surface area (Å²) in [6, 6.07) is 12.2. The maximum atomic E-state index is 14.4. The third kappa shape index (κ3) is 9.10. The molecular weight excluding hydrogens is 824 g/mol. The van der Waals surface area contributed by atoms with Gasteiger partial charge in [0.05, 0.1) is 35.6 Å². The number of nitrogen functional groups attached to an aromatic ring is 1. The zero-order valence-electron chi connectivity index (χ0n) is 37.2. The van der Waals surface area contributed by atoms with Gasteiger partial charge in [0, 0.05) is 59.5 Å². The summed E-state index contributed by atoms with van der Waals surface area (Å²) in [4.78, 5) is 66.3. The van der Waals surface area contributed by atoms with Gasteiger partial charge in [-0.2, -0.15) is 5.10 Å². The number of piperidine rings is 1. The standard InChI is InChI=1S/C48H55ClN6O8/c1-26-22-31(23-27(2)41(26)49)62-20-10-14-33-32-12-9-13-34(39-28(3)52-53(8)29(39)4)42(32)54(43(33)47(60)63-48(5,6)7)18-11-19-61-21-17-30-24-35-40(36(50)25-30)46(59)55(45(35)58)37-15-16-38(56)51-44(37)57/h9,12-13,22-25,37H,10-11,14-21,50H2,1-8H3,(H,51,56,57). The van der Waals surface area contributed by atoms with Crippen molar-refractivity contribution in [3.8, 4) is 16.9 Å². The minimum atomic E-state index is -1.08. The third-order valence-electron chi connectivity index (χ3n) is 11.6. The molecule has 3 N–H and O–H groups in total. The van der Waals surface area contributed by atoms with E-state index in [-0.39, 0.29) is 29.7 Å². The SMILES string of the molecule is Cc1cc(OCCCc2c(C(=O)OC(C)(C)C)n(CCCOCCc3cc(N)c4c(c3)C(=O)N(C3CCC(=O)NC3=O)C4=O)c3c(-c4c(C)nn(C)c4C)cccc23)cc(C)c1Cl. The fourth-order valence-corrected chi connectivity index (χ4v) is 8.87. The molecule has 0 spiro atoms. The van der Waals surface area contributed by atoms with E-state index >= 15 is 0 Å². The molecule has 15 heteroatoms. The second kappa shape index (κ2) is 18.0.